The number of carbonyl (C=O) groups is 2. The highest BCUT2D eigenvalue weighted by molar-refractivity contribution is 6.04. The Labute approximate surface area is 206 Å². The van der Waals surface area contributed by atoms with Crippen molar-refractivity contribution in [3.8, 4) is 0 Å². The number of methoxy groups -OCH3 is 1. The molecule has 0 atom stereocenters. The van der Waals surface area contributed by atoms with Crippen molar-refractivity contribution in [2.45, 2.75) is 26.3 Å². The zero-order valence-corrected chi connectivity index (χ0v) is 20.3. The van der Waals surface area contributed by atoms with Gasteiger partial charge in [0.1, 0.15) is 0 Å². The maximum Gasteiger partial charge on any atom is 0.323 e. The van der Waals surface area contributed by atoms with Gasteiger partial charge in [-0.1, -0.05) is 42.5 Å². The molecule has 3 amide bonds. The third kappa shape index (κ3) is 6.19. The number of nitrogens with one attached hydrogen (secondary N) is 3. The number of aryl methyl sites for hydroxylation is 1. The van der Waals surface area contributed by atoms with Crippen LogP contribution in [0.3, 0.4) is 0 Å². The van der Waals surface area contributed by atoms with Crippen LogP contribution >= 0.6 is 0 Å². The van der Waals surface area contributed by atoms with E-state index in [-0.39, 0.29) is 11.9 Å². The molecule has 7 heteroatoms. The molecule has 0 aliphatic carbocycles. The monoisotopic (exact) mass is 472 g/mol. The van der Waals surface area contributed by atoms with E-state index in [9.17, 15) is 9.59 Å². The number of carbonyl (C=O) groups excluding carboxylic acids is 2. The smallest absolute Gasteiger partial charge is 0.323 e. The van der Waals surface area contributed by atoms with Gasteiger partial charge >= 0.3 is 6.03 Å². The number of fused-ring (bicyclic) bond motifs is 1. The highest BCUT2D eigenvalue weighted by Crippen LogP contribution is 2.30. The second-order valence-corrected chi connectivity index (χ2v) is 8.67. The second-order valence-electron chi connectivity index (χ2n) is 8.67. The molecule has 4 rings (SSSR count). The van der Waals surface area contributed by atoms with Crippen LogP contribution in [0.2, 0.25) is 0 Å². The van der Waals surface area contributed by atoms with Gasteiger partial charge in [0.15, 0.2) is 0 Å². The second kappa shape index (κ2) is 11.5. The summed E-state index contributed by atoms with van der Waals surface area (Å²) in [5.74, 6) is -0.169. The van der Waals surface area contributed by atoms with Crippen LogP contribution < -0.4 is 20.9 Å². The number of amides is 3. The summed E-state index contributed by atoms with van der Waals surface area (Å²) in [6, 6.07) is 21.2. The normalized spacial score (nSPS) is 12.6. The molecule has 1 aliphatic heterocycles. The number of benzene rings is 3. The molecule has 1 heterocycles. The van der Waals surface area contributed by atoms with Crippen molar-refractivity contribution in [1.29, 1.82) is 0 Å². The Hall–Kier alpha value is -3.84. The number of ether oxygens (including phenoxy) is 1. The number of rotatable bonds is 8. The molecule has 182 valence electrons. The van der Waals surface area contributed by atoms with E-state index >= 15 is 0 Å². The summed E-state index contributed by atoms with van der Waals surface area (Å²) in [5, 5.41) is 8.72. The molecule has 3 aromatic rings. The molecular weight excluding hydrogens is 440 g/mol. The van der Waals surface area contributed by atoms with Crippen LogP contribution in [0, 0.1) is 6.92 Å². The Bertz CT molecular complexity index is 1190. The predicted octanol–water partition coefficient (Wildman–Crippen LogP) is 4.97. The molecule has 3 aromatic carbocycles. The molecule has 0 saturated heterocycles. The molecule has 0 aromatic heterocycles. The third-order valence-corrected chi connectivity index (χ3v) is 6.17. The van der Waals surface area contributed by atoms with E-state index in [0.29, 0.717) is 24.4 Å². The number of hydrogen-bond donors (Lipinski definition) is 3. The molecule has 0 bridgehead atoms. The summed E-state index contributed by atoms with van der Waals surface area (Å²) < 4.78 is 5.09. The minimum atomic E-state index is -0.356. The molecule has 7 nitrogen and oxygen atoms in total. The van der Waals surface area contributed by atoms with Crippen LogP contribution in [-0.4, -0.2) is 38.7 Å². The lowest BCUT2D eigenvalue weighted by molar-refractivity contribution is 0.0949. The average Bonchev–Trinajstić information content (AvgIpc) is 2.87. The van der Waals surface area contributed by atoms with Gasteiger partial charge in [-0.3, -0.25) is 4.79 Å². The third-order valence-electron chi connectivity index (χ3n) is 6.17. The first-order valence-electron chi connectivity index (χ1n) is 11.9. The Morgan fingerprint density at radius 1 is 0.971 bits per heavy atom. The first-order chi connectivity index (χ1) is 17.0. The molecule has 0 fully saturated rings. The quantitative estimate of drug-likeness (QED) is 0.405. The molecule has 0 spiro atoms. The Morgan fingerprint density at radius 3 is 2.54 bits per heavy atom. The van der Waals surface area contributed by atoms with E-state index in [0.717, 1.165) is 42.9 Å². The van der Waals surface area contributed by atoms with Gasteiger partial charge in [0.25, 0.3) is 5.91 Å². The van der Waals surface area contributed by atoms with Gasteiger partial charge in [-0.05, 0) is 60.7 Å². The Kier molecular flexibility index (Phi) is 8.00. The molecule has 0 saturated carbocycles. The van der Waals surface area contributed by atoms with E-state index < -0.39 is 0 Å². The van der Waals surface area contributed by atoms with Crippen LogP contribution in [0.15, 0.2) is 66.7 Å². The highest BCUT2D eigenvalue weighted by atomic mass is 16.5. The Balaban J connectivity index is 1.54. The van der Waals surface area contributed by atoms with Crippen LogP contribution in [0.25, 0.3) is 0 Å². The van der Waals surface area contributed by atoms with Crippen molar-refractivity contribution in [2.75, 3.05) is 42.3 Å². The van der Waals surface area contributed by atoms with Crippen LogP contribution in [-0.2, 0) is 17.7 Å². The first-order valence-corrected chi connectivity index (χ1v) is 11.9. The van der Waals surface area contributed by atoms with Crippen LogP contribution in [0.4, 0.5) is 21.9 Å². The van der Waals surface area contributed by atoms with Gasteiger partial charge in [0.2, 0.25) is 0 Å². The minimum Gasteiger partial charge on any atom is -0.385 e. The minimum absolute atomic E-state index is 0.169. The van der Waals surface area contributed by atoms with E-state index in [1.165, 1.54) is 11.1 Å². The maximum absolute atomic E-state index is 13.2. The van der Waals surface area contributed by atoms with Gasteiger partial charge in [0.05, 0.1) is 5.56 Å². The van der Waals surface area contributed by atoms with Gasteiger partial charge in [0, 0.05) is 50.4 Å². The first kappa shape index (κ1) is 24.3. The fourth-order valence-electron chi connectivity index (χ4n) is 4.28. The largest absolute Gasteiger partial charge is 0.385 e. The van der Waals surface area contributed by atoms with E-state index in [4.69, 9.17) is 4.74 Å². The van der Waals surface area contributed by atoms with Crippen molar-refractivity contribution in [3.05, 3.63) is 89.0 Å². The topological polar surface area (TPSA) is 82.7 Å². The van der Waals surface area contributed by atoms with Gasteiger partial charge in [-0.2, -0.15) is 0 Å². The summed E-state index contributed by atoms with van der Waals surface area (Å²) >= 11 is 0. The molecule has 0 unspecified atom stereocenters. The molecule has 0 radical (unpaired) electrons. The zero-order valence-electron chi connectivity index (χ0n) is 20.3. The fraction of sp³-hybridized carbons (Fsp3) is 0.286. The van der Waals surface area contributed by atoms with Gasteiger partial charge < -0.3 is 25.6 Å². The lowest BCUT2D eigenvalue weighted by Gasteiger charge is -2.32. The standard InChI is InChI=1S/C28H32N4O3/c1-20-8-3-6-11-25(20)31-28(34)30-23-12-13-26(24(18-23)27(33)29-15-7-17-35-2)32-16-14-21-9-4-5-10-22(21)19-32/h3-6,8-13,18H,7,14-17,19H2,1-2H3,(H,29,33)(H2,30,31,34). The SMILES string of the molecule is COCCCNC(=O)c1cc(NC(=O)Nc2ccccc2C)ccc1N1CCc2ccccc2C1. The van der Waals surface area contributed by atoms with E-state index in [1.54, 1.807) is 13.2 Å². The summed E-state index contributed by atoms with van der Waals surface area (Å²) in [7, 11) is 1.64. The van der Waals surface area contributed by atoms with Gasteiger partial charge in [-0.15, -0.1) is 0 Å². The number of nitrogens with zero attached hydrogens (tertiary/aromatic N) is 1. The fourth-order valence-corrected chi connectivity index (χ4v) is 4.28. The summed E-state index contributed by atoms with van der Waals surface area (Å²) in [6.45, 7) is 4.59. The molecule has 3 N–H and O–H groups in total. The van der Waals surface area contributed by atoms with Gasteiger partial charge in [-0.25, -0.2) is 4.79 Å². The molecular formula is C28H32N4O3. The average molecular weight is 473 g/mol. The number of anilines is 3. The molecule has 35 heavy (non-hydrogen) atoms. The maximum atomic E-state index is 13.2. The lowest BCUT2D eigenvalue weighted by atomic mass is 9.98. The lowest BCUT2D eigenvalue weighted by Crippen LogP contribution is -2.33. The zero-order chi connectivity index (χ0) is 24.6. The summed E-state index contributed by atoms with van der Waals surface area (Å²) in [6.07, 6.45) is 1.65. The van der Waals surface area contributed by atoms with Crippen molar-refractivity contribution >= 4 is 29.0 Å². The van der Waals surface area contributed by atoms with Crippen molar-refractivity contribution < 1.29 is 14.3 Å². The molecule has 1 aliphatic rings. The van der Waals surface area contributed by atoms with E-state index in [2.05, 4.69) is 39.0 Å². The number of urea groups is 1. The predicted molar refractivity (Wildman–Crippen MR) is 140 cm³/mol. The number of para-hydroxylation sites is 1. The highest BCUT2D eigenvalue weighted by Gasteiger charge is 2.22. The summed E-state index contributed by atoms with van der Waals surface area (Å²) in [5.41, 5.74) is 6.28. The summed E-state index contributed by atoms with van der Waals surface area (Å²) in [4.78, 5) is 28.0. The van der Waals surface area contributed by atoms with Crippen molar-refractivity contribution in [3.63, 3.8) is 0 Å². The van der Waals surface area contributed by atoms with E-state index in [1.807, 2.05) is 49.4 Å². The van der Waals surface area contributed by atoms with Crippen molar-refractivity contribution in [1.82, 2.24) is 5.32 Å². The number of hydrogen-bond acceptors (Lipinski definition) is 4. The Morgan fingerprint density at radius 2 is 1.74 bits per heavy atom. The van der Waals surface area contributed by atoms with Crippen LogP contribution in [0.5, 0.6) is 0 Å². The van der Waals surface area contributed by atoms with Crippen molar-refractivity contribution in [2.24, 2.45) is 0 Å². The van der Waals surface area contributed by atoms with Crippen LogP contribution in [0.1, 0.15) is 33.5 Å².